The number of hydrogen-bond acceptors (Lipinski definition) is 3. The fourth-order valence-electron chi connectivity index (χ4n) is 1.94. The molecule has 0 spiro atoms. The fourth-order valence-corrected chi connectivity index (χ4v) is 1.94. The molecule has 1 aliphatic heterocycles. The number of rotatable bonds is 2. The quantitative estimate of drug-likeness (QED) is 0.585. The molecular weight excluding hydrogens is 226 g/mol. The molecule has 0 aliphatic carbocycles. The average Bonchev–Trinajstić information content (AvgIpc) is 2.39. The van der Waals surface area contributed by atoms with E-state index in [1.165, 1.54) is 0 Å². The zero-order valence-corrected chi connectivity index (χ0v) is 11.2. The van der Waals surface area contributed by atoms with Gasteiger partial charge in [0.25, 0.3) is 0 Å². The summed E-state index contributed by atoms with van der Waals surface area (Å²) in [6.07, 6.45) is 2.93. The molecule has 0 atom stereocenters. The van der Waals surface area contributed by atoms with Gasteiger partial charge in [0.2, 0.25) is 5.96 Å². The lowest BCUT2D eigenvalue weighted by molar-refractivity contribution is 0.317. The van der Waals surface area contributed by atoms with Gasteiger partial charge in [-0.3, -0.25) is 4.98 Å². The van der Waals surface area contributed by atoms with Crippen molar-refractivity contribution in [3.05, 3.63) is 30.1 Å². The summed E-state index contributed by atoms with van der Waals surface area (Å²) in [6, 6.07) is 5.78. The van der Waals surface area contributed by atoms with E-state index in [0.717, 1.165) is 36.9 Å². The van der Waals surface area contributed by atoms with Crippen LogP contribution in [0.15, 0.2) is 34.6 Å². The first-order chi connectivity index (χ1) is 8.68. The van der Waals surface area contributed by atoms with Crippen molar-refractivity contribution in [3.63, 3.8) is 0 Å². The number of pyridine rings is 1. The summed E-state index contributed by atoms with van der Waals surface area (Å²) in [4.78, 5) is 8.50. The van der Waals surface area contributed by atoms with Gasteiger partial charge in [0.1, 0.15) is 0 Å². The molecule has 1 aliphatic rings. The minimum absolute atomic E-state index is 0.829. The van der Waals surface area contributed by atoms with Crippen LogP contribution in [0.5, 0.6) is 0 Å². The maximum atomic E-state index is 4.34. The Morgan fingerprint density at radius 1 is 1.22 bits per heavy atom. The normalized spacial score (nSPS) is 17.1. The highest BCUT2D eigenvalue weighted by molar-refractivity contribution is 5.97. The van der Waals surface area contributed by atoms with E-state index >= 15 is 0 Å². The molecule has 0 bridgehead atoms. The third kappa shape index (κ3) is 2.85. The molecule has 5 nitrogen and oxygen atoms in total. The van der Waals surface area contributed by atoms with E-state index in [4.69, 9.17) is 0 Å². The third-order valence-electron chi connectivity index (χ3n) is 2.99. The Morgan fingerprint density at radius 3 is 2.56 bits per heavy atom. The second-order valence-electron chi connectivity index (χ2n) is 4.50. The fraction of sp³-hybridized carbons (Fsp3) is 0.462. The van der Waals surface area contributed by atoms with Crippen LogP contribution in [0.3, 0.4) is 0 Å². The minimum atomic E-state index is 0.829. The van der Waals surface area contributed by atoms with Gasteiger partial charge >= 0.3 is 0 Å². The van der Waals surface area contributed by atoms with Crippen molar-refractivity contribution in [2.24, 2.45) is 10.2 Å². The summed E-state index contributed by atoms with van der Waals surface area (Å²) in [6.45, 7) is 3.98. The first kappa shape index (κ1) is 12.5. The molecule has 0 unspecified atom stereocenters. The van der Waals surface area contributed by atoms with Crippen molar-refractivity contribution in [2.75, 3.05) is 27.2 Å². The van der Waals surface area contributed by atoms with Gasteiger partial charge in [0.15, 0.2) is 0 Å². The first-order valence-electron chi connectivity index (χ1n) is 6.14. The van der Waals surface area contributed by atoms with Crippen LogP contribution in [0.4, 0.5) is 0 Å². The van der Waals surface area contributed by atoms with Crippen LogP contribution in [-0.2, 0) is 0 Å². The van der Waals surface area contributed by atoms with Gasteiger partial charge in [0, 0.05) is 33.4 Å². The molecule has 2 heterocycles. The van der Waals surface area contributed by atoms with E-state index in [9.17, 15) is 0 Å². The van der Waals surface area contributed by atoms with Gasteiger partial charge in [-0.05, 0) is 25.5 Å². The van der Waals surface area contributed by atoms with Gasteiger partial charge < -0.3 is 9.80 Å². The van der Waals surface area contributed by atoms with Crippen molar-refractivity contribution < 1.29 is 0 Å². The molecule has 1 aromatic rings. The number of guanidine groups is 1. The standard InChI is InChI=1S/C13H19N5/c1-11(12-7-4-5-8-14-12)15-16-13-17(2)9-6-10-18(13)3/h4-5,7-8H,6,9-10H2,1-3H3/b15-11-. The number of hydrogen-bond donors (Lipinski definition) is 0. The Hall–Kier alpha value is -1.91. The summed E-state index contributed by atoms with van der Waals surface area (Å²) in [5.41, 5.74) is 1.69. The van der Waals surface area contributed by atoms with Crippen molar-refractivity contribution in [2.45, 2.75) is 13.3 Å². The monoisotopic (exact) mass is 245 g/mol. The lowest BCUT2D eigenvalue weighted by Gasteiger charge is -2.33. The van der Waals surface area contributed by atoms with Gasteiger partial charge in [0.05, 0.1) is 11.4 Å². The predicted molar refractivity (Wildman–Crippen MR) is 73.8 cm³/mol. The summed E-state index contributed by atoms with van der Waals surface area (Å²) >= 11 is 0. The van der Waals surface area contributed by atoms with Crippen LogP contribution in [-0.4, -0.2) is 53.6 Å². The predicted octanol–water partition coefficient (Wildman–Crippen LogP) is 1.43. The lowest BCUT2D eigenvalue weighted by Crippen LogP contribution is -2.46. The van der Waals surface area contributed by atoms with E-state index in [1.807, 2.05) is 39.2 Å². The topological polar surface area (TPSA) is 44.1 Å². The second-order valence-corrected chi connectivity index (χ2v) is 4.50. The Labute approximate surface area is 108 Å². The molecule has 0 N–H and O–H groups in total. The molecule has 2 rings (SSSR count). The molecular formula is C13H19N5. The SMILES string of the molecule is C/C(=N/N=C1N(C)CCCN1C)c1ccccn1. The van der Waals surface area contributed by atoms with Crippen LogP contribution >= 0.6 is 0 Å². The molecule has 0 radical (unpaired) electrons. The summed E-state index contributed by atoms with van der Waals surface area (Å²) in [5, 5.41) is 8.62. The molecule has 1 fully saturated rings. The van der Waals surface area contributed by atoms with Crippen LogP contribution in [0.2, 0.25) is 0 Å². The van der Waals surface area contributed by atoms with Gasteiger partial charge in [-0.15, -0.1) is 5.10 Å². The van der Waals surface area contributed by atoms with Crippen molar-refractivity contribution in [1.29, 1.82) is 0 Å². The molecule has 5 heteroatoms. The largest absolute Gasteiger partial charge is 0.344 e. The van der Waals surface area contributed by atoms with Crippen LogP contribution in [0.1, 0.15) is 19.0 Å². The van der Waals surface area contributed by atoms with E-state index in [1.54, 1.807) is 6.20 Å². The summed E-state index contributed by atoms with van der Waals surface area (Å²) in [5.74, 6) is 0.913. The number of aromatic nitrogens is 1. The highest BCUT2D eigenvalue weighted by Gasteiger charge is 2.17. The maximum absolute atomic E-state index is 4.34. The Balaban J connectivity index is 2.17. The zero-order valence-electron chi connectivity index (χ0n) is 11.2. The maximum Gasteiger partial charge on any atom is 0.221 e. The smallest absolute Gasteiger partial charge is 0.221 e. The molecule has 0 amide bonds. The van der Waals surface area contributed by atoms with Crippen molar-refractivity contribution in [3.8, 4) is 0 Å². The molecule has 96 valence electrons. The van der Waals surface area contributed by atoms with Gasteiger partial charge in [-0.2, -0.15) is 5.10 Å². The molecule has 18 heavy (non-hydrogen) atoms. The van der Waals surface area contributed by atoms with Crippen LogP contribution < -0.4 is 0 Å². The first-order valence-corrected chi connectivity index (χ1v) is 6.14. The third-order valence-corrected chi connectivity index (χ3v) is 2.99. The van der Waals surface area contributed by atoms with E-state index < -0.39 is 0 Å². The van der Waals surface area contributed by atoms with E-state index in [0.29, 0.717) is 0 Å². The zero-order chi connectivity index (χ0) is 13.0. The summed E-state index contributed by atoms with van der Waals surface area (Å²) in [7, 11) is 4.08. The van der Waals surface area contributed by atoms with Crippen LogP contribution in [0.25, 0.3) is 0 Å². The Bertz CT molecular complexity index is 440. The Morgan fingerprint density at radius 2 is 1.94 bits per heavy atom. The minimum Gasteiger partial charge on any atom is -0.344 e. The van der Waals surface area contributed by atoms with E-state index in [2.05, 4.69) is 25.0 Å². The van der Waals surface area contributed by atoms with Crippen molar-refractivity contribution >= 4 is 11.7 Å². The second kappa shape index (κ2) is 5.62. The lowest BCUT2D eigenvalue weighted by atomic mass is 10.3. The highest BCUT2D eigenvalue weighted by Crippen LogP contribution is 2.05. The van der Waals surface area contributed by atoms with Gasteiger partial charge in [-0.25, -0.2) is 0 Å². The van der Waals surface area contributed by atoms with Crippen molar-refractivity contribution in [1.82, 2.24) is 14.8 Å². The van der Waals surface area contributed by atoms with Crippen LogP contribution in [0, 0.1) is 0 Å². The highest BCUT2D eigenvalue weighted by atomic mass is 15.4. The van der Waals surface area contributed by atoms with Gasteiger partial charge in [-0.1, -0.05) is 6.07 Å². The Kier molecular flexibility index (Phi) is 3.92. The van der Waals surface area contributed by atoms with E-state index in [-0.39, 0.29) is 0 Å². The molecule has 0 aromatic carbocycles. The number of nitrogens with zero attached hydrogens (tertiary/aromatic N) is 5. The molecule has 0 saturated carbocycles. The molecule has 1 saturated heterocycles. The average molecular weight is 245 g/mol. The summed E-state index contributed by atoms with van der Waals surface area (Å²) < 4.78 is 0. The molecule has 1 aromatic heterocycles.